The van der Waals surface area contributed by atoms with Crippen LogP contribution in [0.4, 0.5) is 8.78 Å². The molecule has 0 saturated carbocycles. The van der Waals surface area contributed by atoms with Gasteiger partial charge in [-0.1, -0.05) is 13.0 Å². The van der Waals surface area contributed by atoms with Gasteiger partial charge in [-0.3, -0.25) is 0 Å². The molecule has 0 bridgehead atoms. The Bertz CT molecular complexity index is 317. The van der Waals surface area contributed by atoms with Crippen LogP contribution in [-0.2, 0) is 6.54 Å². The van der Waals surface area contributed by atoms with E-state index in [0.717, 1.165) is 18.2 Å². The van der Waals surface area contributed by atoms with E-state index in [4.69, 9.17) is 11.6 Å². The maximum Gasteiger partial charge on any atom is 0.159 e. The van der Waals surface area contributed by atoms with Gasteiger partial charge in [0.15, 0.2) is 11.6 Å². The summed E-state index contributed by atoms with van der Waals surface area (Å²) in [4.78, 5) is 0. The number of hydrogen-bond acceptors (Lipinski definition) is 1. The van der Waals surface area contributed by atoms with Gasteiger partial charge in [0, 0.05) is 12.4 Å². The molecule has 0 aliphatic rings. The van der Waals surface area contributed by atoms with Gasteiger partial charge in [-0.2, -0.15) is 0 Å². The zero-order valence-electron chi connectivity index (χ0n) is 8.56. The molecule has 1 unspecified atom stereocenters. The maximum atomic E-state index is 12.8. The molecule has 15 heavy (non-hydrogen) atoms. The second kappa shape index (κ2) is 6.03. The molecule has 1 aromatic carbocycles. The lowest BCUT2D eigenvalue weighted by Gasteiger charge is -2.09. The van der Waals surface area contributed by atoms with Crippen LogP contribution in [-0.4, -0.2) is 12.4 Å². The SMILES string of the molecule is CC(CCl)CNCc1ccc(F)c(F)c1. The van der Waals surface area contributed by atoms with Crippen molar-refractivity contribution >= 4 is 11.6 Å². The van der Waals surface area contributed by atoms with Crippen LogP contribution in [0.2, 0.25) is 0 Å². The Morgan fingerprint density at radius 1 is 1.33 bits per heavy atom. The minimum absolute atomic E-state index is 0.372. The molecule has 0 saturated heterocycles. The van der Waals surface area contributed by atoms with Crippen LogP contribution >= 0.6 is 11.6 Å². The summed E-state index contributed by atoms with van der Waals surface area (Å²) in [6, 6.07) is 3.90. The molecule has 0 aliphatic heterocycles. The third-order valence-electron chi connectivity index (χ3n) is 2.07. The first-order valence-corrected chi connectivity index (χ1v) is 5.37. The number of rotatable bonds is 5. The Balaban J connectivity index is 2.41. The summed E-state index contributed by atoms with van der Waals surface area (Å²) in [7, 11) is 0. The van der Waals surface area contributed by atoms with E-state index < -0.39 is 11.6 Å². The summed E-state index contributed by atoms with van der Waals surface area (Å²) in [5.41, 5.74) is 0.732. The van der Waals surface area contributed by atoms with Gasteiger partial charge in [-0.25, -0.2) is 8.78 Å². The number of halogens is 3. The van der Waals surface area contributed by atoms with Crippen molar-refractivity contribution in [3.05, 3.63) is 35.4 Å². The zero-order valence-corrected chi connectivity index (χ0v) is 9.32. The van der Waals surface area contributed by atoms with E-state index in [1.807, 2.05) is 6.92 Å². The number of hydrogen-bond donors (Lipinski definition) is 1. The number of benzene rings is 1. The molecule has 4 heteroatoms. The zero-order chi connectivity index (χ0) is 11.3. The monoisotopic (exact) mass is 233 g/mol. The lowest BCUT2D eigenvalue weighted by atomic mass is 10.2. The summed E-state index contributed by atoms with van der Waals surface area (Å²) in [6.07, 6.45) is 0. The molecular formula is C11H14ClF2N. The fraction of sp³-hybridized carbons (Fsp3) is 0.455. The Kier molecular flexibility index (Phi) is 4.99. The number of nitrogens with one attached hydrogen (secondary N) is 1. The lowest BCUT2D eigenvalue weighted by molar-refractivity contribution is 0.504. The van der Waals surface area contributed by atoms with Crippen molar-refractivity contribution in [2.75, 3.05) is 12.4 Å². The van der Waals surface area contributed by atoms with E-state index in [0.29, 0.717) is 18.3 Å². The highest BCUT2D eigenvalue weighted by Crippen LogP contribution is 2.08. The van der Waals surface area contributed by atoms with Crippen LogP contribution in [0.5, 0.6) is 0 Å². The van der Waals surface area contributed by atoms with Gasteiger partial charge in [0.05, 0.1) is 0 Å². The molecule has 1 aromatic rings. The first-order valence-electron chi connectivity index (χ1n) is 4.84. The fourth-order valence-corrected chi connectivity index (χ4v) is 1.28. The van der Waals surface area contributed by atoms with Crippen LogP contribution in [0.25, 0.3) is 0 Å². The molecular weight excluding hydrogens is 220 g/mol. The van der Waals surface area contributed by atoms with Gasteiger partial charge in [0.2, 0.25) is 0 Å². The molecule has 1 rings (SSSR count). The smallest absolute Gasteiger partial charge is 0.159 e. The molecule has 1 nitrogen and oxygen atoms in total. The van der Waals surface area contributed by atoms with Crippen LogP contribution in [0.3, 0.4) is 0 Å². The summed E-state index contributed by atoms with van der Waals surface area (Å²) in [5, 5.41) is 3.13. The standard InChI is InChI=1S/C11H14ClF2N/c1-8(5-12)6-15-7-9-2-3-10(13)11(14)4-9/h2-4,8,15H,5-7H2,1H3. The van der Waals surface area contributed by atoms with E-state index in [9.17, 15) is 8.78 Å². The van der Waals surface area contributed by atoms with Gasteiger partial charge in [-0.05, 0) is 30.2 Å². The molecule has 84 valence electrons. The van der Waals surface area contributed by atoms with Crippen molar-refractivity contribution < 1.29 is 8.78 Å². The van der Waals surface area contributed by atoms with Crippen molar-refractivity contribution in [3.8, 4) is 0 Å². The van der Waals surface area contributed by atoms with Crippen molar-refractivity contribution in [2.24, 2.45) is 5.92 Å². The lowest BCUT2D eigenvalue weighted by Crippen LogP contribution is -2.21. The van der Waals surface area contributed by atoms with Gasteiger partial charge in [0.25, 0.3) is 0 Å². The molecule has 0 radical (unpaired) electrons. The van der Waals surface area contributed by atoms with Crippen LogP contribution in [0.15, 0.2) is 18.2 Å². The van der Waals surface area contributed by atoms with Gasteiger partial charge < -0.3 is 5.32 Å². The van der Waals surface area contributed by atoms with Gasteiger partial charge in [0.1, 0.15) is 0 Å². The van der Waals surface area contributed by atoms with Crippen molar-refractivity contribution in [1.82, 2.24) is 5.32 Å². The van der Waals surface area contributed by atoms with Gasteiger partial charge >= 0.3 is 0 Å². The minimum Gasteiger partial charge on any atom is -0.312 e. The summed E-state index contributed by atoms with van der Waals surface area (Å²) in [5.74, 6) is -0.658. The highest BCUT2D eigenvalue weighted by molar-refractivity contribution is 6.18. The fourth-order valence-electron chi connectivity index (χ4n) is 1.17. The molecule has 0 heterocycles. The van der Waals surface area contributed by atoms with Crippen LogP contribution in [0.1, 0.15) is 12.5 Å². The first-order chi connectivity index (χ1) is 7.13. The summed E-state index contributed by atoms with van der Waals surface area (Å²) >= 11 is 5.63. The van der Waals surface area contributed by atoms with Crippen molar-refractivity contribution in [2.45, 2.75) is 13.5 Å². The molecule has 0 spiro atoms. The molecule has 0 aliphatic carbocycles. The normalized spacial score (nSPS) is 12.8. The molecule has 0 amide bonds. The Hall–Kier alpha value is -0.670. The quantitative estimate of drug-likeness (QED) is 0.772. The highest BCUT2D eigenvalue weighted by atomic mass is 35.5. The second-order valence-electron chi connectivity index (χ2n) is 3.64. The average molecular weight is 234 g/mol. The Morgan fingerprint density at radius 3 is 2.67 bits per heavy atom. The van der Waals surface area contributed by atoms with Gasteiger partial charge in [-0.15, -0.1) is 11.6 Å². The predicted octanol–water partition coefficient (Wildman–Crippen LogP) is 2.93. The average Bonchev–Trinajstić information content (AvgIpc) is 2.23. The van der Waals surface area contributed by atoms with Crippen LogP contribution in [0, 0.1) is 17.6 Å². The van der Waals surface area contributed by atoms with Crippen molar-refractivity contribution in [1.29, 1.82) is 0 Å². The Morgan fingerprint density at radius 2 is 2.07 bits per heavy atom. The third kappa shape index (κ3) is 4.14. The van der Waals surface area contributed by atoms with E-state index in [1.165, 1.54) is 6.07 Å². The molecule has 0 fully saturated rings. The number of alkyl halides is 1. The molecule has 1 atom stereocenters. The van der Waals surface area contributed by atoms with E-state index >= 15 is 0 Å². The minimum atomic E-state index is -0.812. The first kappa shape index (κ1) is 12.4. The van der Waals surface area contributed by atoms with E-state index in [1.54, 1.807) is 6.07 Å². The predicted molar refractivity (Wildman–Crippen MR) is 57.9 cm³/mol. The van der Waals surface area contributed by atoms with Crippen molar-refractivity contribution in [3.63, 3.8) is 0 Å². The molecule has 0 aromatic heterocycles. The maximum absolute atomic E-state index is 12.8. The Labute approximate surface area is 93.4 Å². The molecule has 1 N–H and O–H groups in total. The summed E-state index contributed by atoms with van der Waals surface area (Å²) in [6.45, 7) is 3.31. The topological polar surface area (TPSA) is 12.0 Å². The van der Waals surface area contributed by atoms with E-state index in [-0.39, 0.29) is 0 Å². The van der Waals surface area contributed by atoms with Crippen LogP contribution < -0.4 is 5.32 Å². The van der Waals surface area contributed by atoms with E-state index in [2.05, 4.69) is 5.32 Å². The summed E-state index contributed by atoms with van der Waals surface area (Å²) < 4.78 is 25.4. The third-order valence-corrected chi connectivity index (χ3v) is 2.60. The largest absolute Gasteiger partial charge is 0.312 e. The highest BCUT2D eigenvalue weighted by Gasteiger charge is 2.03. The second-order valence-corrected chi connectivity index (χ2v) is 3.95.